The summed E-state index contributed by atoms with van der Waals surface area (Å²) < 4.78 is 6.18. The Morgan fingerprint density at radius 2 is 2.05 bits per heavy atom. The van der Waals surface area contributed by atoms with Crippen LogP contribution in [0.2, 0.25) is 0 Å². The zero-order chi connectivity index (χ0) is 14.7. The molecular weight excluding hydrogens is 365 g/mol. The van der Waals surface area contributed by atoms with Gasteiger partial charge < -0.3 is 10.5 Å². The number of ether oxygens (including phenoxy) is 1. The molecule has 5 heteroatoms. The van der Waals surface area contributed by atoms with Gasteiger partial charge in [0.25, 0.3) is 0 Å². The third-order valence-corrected chi connectivity index (χ3v) is 4.10. The minimum Gasteiger partial charge on any atom is -0.497 e. The highest BCUT2D eigenvalue weighted by Gasteiger charge is 2.13. The molecule has 0 spiro atoms. The molecule has 106 valence electrons. The Bertz CT molecular complexity index is 614. The fourth-order valence-electron chi connectivity index (χ4n) is 1.96. The Labute approximate surface area is 132 Å². The number of hydrogen-bond donors (Lipinski definition) is 1. The summed E-state index contributed by atoms with van der Waals surface area (Å²) in [5.41, 5.74) is 8.11. The summed E-state index contributed by atoms with van der Waals surface area (Å²) in [5.74, 6) is 2.48. The molecule has 2 N–H and O–H groups in total. The van der Waals surface area contributed by atoms with Crippen molar-refractivity contribution in [1.82, 2.24) is 9.97 Å². The van der Waals surface area contributed by atoms with Crippen LogP contribution < -0.4 is 10.5 Å². The topological polar surface area (TPSA) is 61.0 Å². The highest BCUT2D eigenvalue weighted by Crippen LogP contribution is 2.24. The van der Waals surface area contributed by atoms with Crippen molar-refractivity contribution in [2.75, 3.05) is 12.8 Å². The maximum atomic E-state index is 5.99. The van der Waals surface area contributed by atoms with Crippen LogP contribution in [0.1, 0.15) is 36.8 Å². The Morgan fingerprint density at radius 3 is 2.70 bits per heavy atom. The first-order valence-corrected chi connectivity index (χ1v) is 7.54. The molecule has 0 saturated carbocycles. The van der Waals surface area contributed by atoms with Crippen molar-refractivity contribution in [3.05, 3.63) is 44.9 Å². The summed E-state index contributed by atoms with van der Waals surface area (Å²) in [6, 6.07) is 7.92. The number of halogens is 1. The van der Waals surface area contributed by atoms with Crippen molar-refractivity contribution in [3.8, 4) is 5.75 Å². The lowest BCUT2D eigenvalue weighted by Gasteiger charge is -2.12. The second-order valence-corrected chi connectivity index (χ2v) is 5.99. The minimum absolute atomic E-state index is 0.330. The van der Waals surface area contributed by atoms with Crippen LogP contribution in [-0.4, -0.2) is 17.1 Å². The lowest BCUT2D eigenvalue weighted by atomic mass is 10.1. The molecule has 0 radical (unpaired) electrons. The Balaban J connectivity index is 2.33. The molecule has 1 aromatic heterocycles. The van der Waals surface area contributed by atoms with Gasteiger partial charge in [-0.05, 0) is 46.2 Å². The van der Waals surface area contributed by atoms with E-state index in [1.807, 2.05) is 24.3 Å². The van der Waals surface area contributed by atoms with Crippen LogP contribution in [0.3, 0.4) is 0 Å². The van der Waals surface area contributed by atoms with Gasteiger partial charge in [-0.2, -0.15) is 0 Å². The monoisotopic (exact) mass is 383 g/mol. The van der Waals surface area contributed by atoms with Gasteiger partial charge >= 0.3 is 0 Å². The van der Waals surface area contributed by atoms with Gasteiger partial charge in [0.15, 0.2) is 0 Å². The average molecular weight is 383 g/mol. The maximum Gasteiger partial charge on any atom is 0.140 e. The molecule has 2 aromatic rings. The van der Waals surface area contributed by atoms with Gasteiger partial charge in [-0.3, -0.25) is 0 Å². The second kappa shape index (κ2) is 6.39. The molecule has 20 heavy (non-hydrogen) atoms. The third kappa shape index (κ3) is 3.39. The summed E-state index contributed by atoms with van der Waals surface area (Å²) in [5, 5.41) is 0. The number of aromatic nitrogens is 2. The smallest absolute Gasteiger partial charge is 0.140 e. The zero-order valence-electron chi connectivity index (χ0n) is 11.9. The van der Waals surface area contributed by atoms with Crippen molar-refractivity contribution in [2.24, 2.45) is 0 Å². The average Bonchev–Trinajstić information content (AvgIpc) is 2.42. The number of methoxy groups -OCH3 is 1. The van der Waals surface area contributed by atoms with Crippen LogP contribution in [0.5, 0.6) is 5.75 Å². The van der Waals surface area contributed by atoms with Crippen LogP contribution in [0.4, 0.5) is 5.82 Å². The molecule has 0 amide bonds. The quantitative estimate of drug-likeness (QED) is 0.823. The van der Waals surface area contributed by atoms with Crippen LogP contribution in [-0.2, 0) is 6.42 Å². The normalized spacial score (nSPS) is 10.8. The molecule has 1 aromatic carbocycles. The van der Waals surface area contributed by atoms with E-state index in [0.29, 0.717) is 18.2 Å². The van der Waals surface area contributed by atoms with Crippen molar-refractivity contribution in [3.63, 3.8) is 0 Å². The van der Waals surface area contributed by atoms with Gasteiger partial charge in [-0.15, -0.1) is 0 Å². The van der Waals surface area contributed by atoms with E-state index >= 15 is 0 Å². The standard InChI is InChI=1S/C15H18IN3O/c1-9(2)14-13(16)15(17)19-12(18-14)8-10-5-4-6-11(7-10)20-3/h4-7,9H,8H2,1-3H3,(H2,17,18,19). The lowest BCUT2D eigenvalue weighted by molar-refractivity contribution is 0.414. The van der Waals surface area contributed by atoms with E-state index in [-0.39, 0.29) is 0 Å². The molecule has 0 aliphatic heterocycles. The Kier molecular flexibility index (Phi) is 4.80. The maximum absolute atomic E-state index is 5.99. The molecule has 0 aliphatic carbocycles. The third-order valence-electron chi connectivity index (χ3n) is 2.99. The first-order chi connectivity index (χ1) is 9.51. The number of nitrogen functional groups attached to an aromatic ring is 1. The molecule has 4 nitrogen and oxygen atoms in total. The molecule has 0 bridgehead atoms. The van der Waals surface area contributed by atoms with Crippen molar-refractivity contribution in [1.29, 1.82) is 0 Å². The summed E-state index contributed by atoms with van der Waals surface area (Å²) in [7, 11) is 1.66. The van der Waals surface area contributed by atoms with Gasteiger partial charge in [0.05, 0.1) is 16.4 Å². The fourth-order valence-corrected chi connectivity index (χ4v) is 2.82. The van der Waals surface area contributed by atoms with Crippen molar-refractivity contribution >= 4 is 28.4 Å². The molecule has 0 unspecified atom stereocenters. The van der Waals surface area contributed by atoms with Crippen LogP contribution in [0.25, 0.3) is 0 Å². The Morgan fingerprint density at radius 1 is 1.30 bits per heavy atom. The highest BCUT2D eigenvalue weighted by atomic mass is 127. The van der Waals surface area contributed by atoms with E-state index in [0.717, 1.165) is 26.4 Å². The predicted octanol–water partition coefficient (Wildman–Crippen LogP) is 3.39. The van der Waals surface area contributed by atoms with E-state index in [4.69, 9.17) is 10.5 Å². The molecule has 0 fully saturated rings. The van der Waals surface area contributed by atoms with E-state index in [9.17, 15) is 0 Å². The van der Waals surface area contributed by atoms with Crippen molar-refractivity contribution in [2.45, 2.75) is 26.2 Å². The van der Waals surface area contributed by atoms with E-state index in [2.05, 4.69) is 46.4 Å². The molecule has 0 atom stereocenters. The Hall–Kier alpha value is -1.37. The van der Waals surface area contributed by atoms with Crippen molar-refractivity contribution < 1.29 is 4.74 Å². The van der Waals surface area contributed by atoms with Gasteiger partial charge in [-0.25, -0.2) is 9.97 Å². The highest BCUT2D eigenvalue weighted by molar-refractivity contribution is 14.1. The van der Waals surface area contributed by atoms with Gasteiger partial charge in [-0.1, -0.05) is 26.0 Å². The van der Waals surface area contributed by atoms with Crippen LogP contribution in [0, 0.1) is 3.57 Å². The number of nitrogens with two attached hydrogens (primary N) is 1. The van der Waals surface area contributed by atoms with Crippen LogP contribution in [0.15, 0.2) is 24.3 Å². The van der Waals surface area contributed by atoms with Crippen LogP contribution >= 0.6 is 22.6 Å². The second-order valence-electron chi connectivity index (χ2n) is 4.91. The van der Waals surface area contributed by atoms with Gasteiger partial charge in [0.1, 0.15) is 17.4 Å². The summed E-state index contributed by atoms with van der Waals surface area (Å²) in [4.78, 5) is 9.03. The number of hydrogen-bond acceptors (Lipinski definition) is 4. The summed E-state index contributed by atoms with van der Waals surface area (Å²) in [6.45, 7) is 4.22. The van der Waals surface area contributed by atoms with E-state index in [1.54, 1.807) is 7.11 Å². The largest absolute Gasteiger partial charge is 0.497 e. The summed E-state index contributed by atoms with van der Waals surface area (Å²) in [6.07, 6.45) is 0.651. The minimum atomic E-state index is 0.330. The molecule has 0 saturated heterocycles. The first kappa shape index (κ1) is 15.0. The molecule has 2 rings (SSSR count). The molecule has 1 heterocycles. The fraction of sp³-hybridized carbons (Fsp3) is 0.333. The lowest BCUT2D eigenvalue weighted by Crippen LogP contribution is -2.09. The van der Waals surface area contributed by atoms with E-state index in [1.165, 1.54) is 0 Å². The van der Waals surface area contributed by atoms with E-state index < -0.39 is 0 Å². The SMILES string of the molecule is COc1cccc(Cc2nc(N)c(I)c(C(C)C)n2)c1. The number of benzene rings is 1. The number of anilines is 1. The van der Waals surface area contributed by atoms with Gasteiger partial charge in [0.2, 0.25) is 0 Å². The molecule has 0 aliphatic rings. The predicted molar refractivity (Wildman–Crippen MR) is 89.1 cm³/mol. The summed E-state index contributed by atoms with van der Waals surface area (Å²) >= 11 is 2.21. The van der Waals surface area contributed by atoms with Gasteiger partial charge in [0, 0.05) is 6.42 Å². The zero-order valence-corrected chi connectivity index (χ0v) is 14.0. The first-order valence-electron chi connectivity index (χ1n) is 6.46. The number of rotatable bonds is 4. The molecular formula is C15H18IN3O. The number of nitrogens with zero attached hydrogens (tertiary/aromatic N) is 2.